The van der Waals surface area contributed by atoms with Crippen LogP contribution in [0.3, 0.4) is 0 Å². The number of nitrogens with zero attached hydrogens (tertiary/aromatic N) is 3. The molecule has 0 aliphatic heterocycles. The summed E-state index contributed by atoms with van der Waals surface area (Å²) in [6.07, 6.45) is 1.68. The third-order valence-electron chi connectivity index (χ3n) is 2.45. The Kier molecular flexibility index (Phi) is 4.06. The molecule has 0 amide bonds. The highest BCUT2D eigenvalue weighted by atomic mass is 79.9. The Morgan fingerprint density at radius 1 is 1.42 bits per heavy atom. The fraction of sp³-hybridized carbons (Fsp3) is 0.167. The second kappa shape index (κ2) is 5.75. The number of nitro groups is 1. The molecule has 1 aromatic carbocycles. The molecule has 6 nitrogen and oxygen atoms in total. The Morgan fingerprint density at radius 2 is 2.21 bits per heavy atom. The smallest absolute Gasteiger partial charge is 0.285 e. The predicted molar refractivity (Wildman–Crippen MR) is 74.9 cm³/mol. The summed E-state index contributed by atoms with van der Waals surface area (Å²) in [5.74, 6) is 0.695. The lowest BCUT2D eigenvalue weighted by molar-refractivity contribution is -0.385. The third-order valence-corrected chi connectivity index (χ3v) is 3.12. The van der Waals surface area contributed by atoms with Crippen LogP contribution in [0.25, 0.3) is 0 Å². The van der Waals surface area contributed by atoms with Crippen LogP contribution in [0.1, 0.15) is 11.5 Å². The van der Waals surface area contributed by atoms with Crippen molar-refractivity contribution in [2.24, 2.45) is 0 Å². The summed E-state index contributed by atoms with van der Waals surface area (Å²) in [4.78, 5) is 18.6. The van der Waals surface area contributed by atoms with Crippen LogP contribution in [0, 0.1) is 17.0 Å². The molecule has 0 atom stereocenters. The van der Waals surface area contributed by atoms with Crippen molar-refractivity contribution in [3.8, 4) is 0 Å². The van der Waals surface area contributed by atoms with Gasteiger partial charge in [-0.25, -0.2) is 9.97 Å². The first kappa shape index (κ1) is 13.4. The molecule has 0 saturated heterocycles. The minimum atomic E-state index is -0.426. The Hall–Kier alpha value is -2.02. The summed E-state index contributed by atoms with van der Waals surface area (Å²) in [5, 5.41) is 13.9. The number of nitro benzene ring substituents is 1. The molecule has 0 fully saturated rings. The maximum atomic E-state index is 10.8. The van der Waals surface area contributed by atoms with Crippen molar-refractivity contribution < 1.29 is 4.92 Å². The van der Waals surface area contributed by atoms with E-state index < -0.39 is 4.92 Å². The van der Waals surface area contributed by atoms with Gasteiger partial charge in [0, 0.05) is 18.0 Å². The van der Waals surface area contributed by atoms with Crippen LogP contribution in [0.2, 0.25) is 0 Å². The number of halogens is 1. The molecule has 0 aliphatic rings. The fourth-order valence-electron chi connectivity index (χ4n) is 1.56. The average molecular weight is 323 g/mol. The molecule has 0 radical (unpaired) electrons. The molecule has 98 valence electrons. The standard InChI is InChI=1S/C12H11BrN4O2/c1-8-14-5-4-10(16-8)7-15-9-2-3-11(13)12(6-9)17(18)19/h2-6,15H,7H2,1H3. The molecule has 19 heavy (non-hydrogen) atoms. The van der Waals surface area contributed by atoms with Crippen molar-refractivity contribution >= 4 is 27.3 Å². The predicted octanol–water partition coefficient (Wildman–Crippen LogP) is 3.07. The summed E-state index contributed by atoms with van der Waals surface area (Å²) in [7, 11) is 0. The average Bonchev–Trinajstić information content (AvgIpc) is 2.37. The Bertz CT molecular complexity index is 618. The van der Waals surface area contributed by atoms with Gasteiger partial charge in [0.05, 0.1) is 21.6 Å². The maximum Gasteiger partial charge on any atom is 0.285 e. The quantitative estimate of drug-likeness (QED) is 0.691. The number of hydrogen-bond donors (Lipinski definition) is 1. The monoisotopic (exact) mass is 322 g/mol. The van der Waals surface area contributed by atoms with Gasteiger partial charge in [0.15, 0.2) is 0 Å². The van der Waals surface area contributed by atoms with Gasteiger partial charge < -0.3 is 5.32 Å². The van der Waals surface area contributed by atoms with Crippen LogP contribution in [0.15, 0.2) is 34.9 Å². The molecular formula is C12H11BrN4O2. The highest BCUT2D eigenvalue weighted by Gasteiger charge is 2.12. The van der Waals surface area contributed by atoms with Gasteiger partial charge >= 0.3 is 0 Å². The molecule has 0 spiro atoms. The summed E-state index contributed by atoms with van der Waals surface area (Å²) < 4.78 is 0.459. The maximum absolute atomic E-state index is 10.8. The van der Waals surface area contributed by atoms with Crippen LogP contribution in [0.4, 0.5) is 11.4 Å². The topological polar surface area (TPSA) is 81.0 Å². The lowest BCUT2D eigenvalue weighted by Gasteiger charge is -2.06. The van der Waals surface area contributed by atoms with Crippen molar-refractivity contribution in [3.05, 3.63) is 56.6 Å². The van der Waals surface area contributed by atoms with Crippen molar-refractivity contribution in [1.82, 2.24) is 9.97 Å². The highest BCUT2D eigenvalue weighted by molar-refractivity contribution is 9.10. The zero-order valence-corrected chi connectivity index (χ0v) is 11.7. The van der Waals surface area contributed by atoms with E-state index in [1.807, 2.05) is 6.92 Å². The largest absolute Gasteiger partial charge is 0.379 e. The first-order valence-electron chi connectivity index (χ1n) is 5.52. The zero-order chi connectivity index (χ0) is 13.8. The molecule has 1 heterocycles. The lowest BCUT2D eigenvalue weighted by Crippen LogP contribution is -2.03. The van der Waals surface area contributed by atoms with Gasteiger partial charge in [-0.15, -0.1) is 0 Å². The number of rotatable bonds is 4. The molecule has 0 aliphatic carbocycles. The number of hydrogen-bond acceptors (Lipinski definition) is 5. The van der Waals surface area contributed by atoms with E-state index >= 15 is 0 Å². The number of aryl methyl sites for hydroxylation is 1. The number of benzene rings is 1. The van der Waals surface area contributed by atoms with Crippen LogP contribution < -0.4 is 5.32 Å². The SMILES string of the molecule is Cc1nccc(CNc2ccc(Br)c([N+](=O)[O-])c2)n1. The molecule has 0 unspecified atom stereocenters. The van der Waals surface area contributed by atoms with E-state index in [4.69, 9.17) is 0 Å². The first-order chi connectivity index (χ1) is 9.06. The van der Waals surface area contributed by atoms with Crippen molar-refractivity contribution in [2.45, 2.75) is 13.5 Å². The van der Waals surface area contributed by atoms with Crippen LogP contribution in [-0.2, 0) is 6.54 Å². The minimum absolute atomic E-state index is 0.0314. The summed E-state index contributed by atoms with van der Waals surface area (Å²) in [6, 6.07) is 6.70. The van der Waals surface area contributed by atoms with Crippen LogP contribution in [0.5, 0.6) is 0 Å². The minimum Gasteiger partial charge on any atom is -0.379 e. The summed E-state index contributed by atoms with van der Waals surface area (Å²) in [5.41, 5.74) is 1.54. The molecule has 0 bridgehead atoms. The van der Waals surface area contributed by atoms with Gasteiger partial charge in [0.2, 0.25) is 0 Å². The molecule has 2 aromatic rings. The number of aromatic nitrogens is 2. The molecule has 1 N–H and O–H groups in total. The molecular weight excluding hydrogens is 312 g/mol. The van der Waals surface area contributed by atoms with E-state index in [0.717, 1.165) is 5.69 Å². The summed E-state index contributed by atoms with van der Waals surface area (Å²) >= 11 is 3.15. The van der Waals surface area contributed by atoms with Gasteiger partial charge in [-0.1, -0.05) is 0 Å². The Balaban J connectivity index is 2.12. The molecule has 2 rings (SSSR count). The number of nitrogens with one attached hydrogen (secondary N) is 1. The molecule has 0 saturated carbocycles. The van der Waals surface area contributed by atoms with Gasteiger partial charge in [0.25, 0.3) is 5.69 Å². The number of anilines is 1. The van der Waals surface area contributed by atoms with E-state index in [2.05, 4.69) is 31.2 Å². The Morgan fingerprint density at radius 3 is 2.89 bits per heavy atom. The second-order valence-electron chi connectivity index (χ2n) is 3.87. The van der Waals surface area contributed by atoms with Gasteiger partial charge in [0.1, 0.15) is 5.82 Å². The second-order valence-corrected chi connectivity index (χ2v) is 4.73. The highest BCUT2D eigenvalue weighted by Crippen LogP contribution is 2.27. The molecule has 1 aromatic heterocycles. The van der Waals surface area contributed by atoms with Gasteiger partial charge in [-0.2, -0.15) is 0 Å². The third kappa shape index (κ3) is 3.47. The van der Waals surface area contributed by atoms with E-state index in [-0.39, 0.29) is 5.69 Å². The van der Waals surface area contributed by atoms with Crippen molar-refractivity contribution in [2.75, 3.05) is 5.32 Å². The van der Waals surface area contributed by atoms with Crippen molar-refractivity contribution in [1.29, 1.82) is 0 Å². The normalized spacial score (nSPS) is 10.2. The summed E-state index contributed by atoms with van der Waals surface area (Å²) in [6.45, 7) is 2.30. The van der Waals surface area contributed by atoms with Crippen LogP contribution in [-0.4, -0.2) is 14.9 Å². The van der Waals surface area contributed by atoms with Crippen molar-refractivity contribution in [3.63, 3.8) is 0 Å². The van der Waals surface area contributed by atoms with Crippen LogP contribution >= 0.6 is 15.9 Å². The fourth-order valence-corrected chi connectivity index (χ4v) is 1.95. The van der Waals surface area contributed by atoms with Gasteiger partial charge in [-0.3, -0.25) is 10.1 Å². The molecule has 7 heteroatoms. The van der Waals surface area contributed by atoms with E-state index in [0.29, 0.717) is 22.5 Å². The van der Waals surface area contributed by atoms with Gasteiger partial charge in [-0.05, 0) is 41.1 Å². The van der Waals surface area contributed by atoms with E-state index in [1.54, 1.807) is 24.4 Å². The Labute approximate surface area is 118 Å². The lowest BCUT2D eigenvalue weighted by atomic mass is 10.2. The van der Waals surface area contributed by atoms with E-state index in [1.165, 1.54) is 6.07 Å². The zero-order valence-electron chi connectivity index (χ0n) is 10.1. The van der Waals surface area contributed by atoms with E-state index in [9.17, 15) is 10.1 Å². The first-order valence-corrected chi connectivity index (χ1v) is 6.32.